The van der Waals surface area contributed by atoms with Crippen LogP contribution in [-0.2, 0) is 4.74 Å². The fourth-order valence-corrected chi connectivity index (χ4v) is 2.29. The van der Waals surface area contributed by atoms with Crippen LogP contribution in [0.15, 0.2) is 22.7 Å². The first-order valence-corrected chi connectivity index (χ1v) is 7.31. The van der Waals surface area contributed by atoms with E-state index in [1.165, 1.54) is 0 Å². The molecule has 0 saturated carbocycles. The Morgan fingerprint density at radius 3 is 2.62 bits per heavy atom. The number of nitrogens with two attached hydrogens (primary N) is 1. The molecule has 0 unspecified atom stereocenters. The maximum absolute atomic E-state index is 11.8. The number of benzene rings is 1. The van der Waals surface area contributed by atoms with Crippen LogP contribution in [0.1, 0.15) is 28.5 Å². The highest BCUT2D eigenvalue weighted by Crippen LogP contribution is 2.25. The molecule has 0 aliphatic heterocycles. The molecule has 110 valence electrons. The second-order valence-corrected chi connectivity index (χ2v) is 5.43. The van der Waals surface area contributed by atoms with Crippen molar-refractivity contribution in [3.05, 3.63) is 39.5 Å². The zero-order valence-corrected chi connectivity index (χ0v) is 13.7. The standard InChI is InChI=1S/C15H16BrN3O2/c1-4-21-15(20)12-9(3)18-14(19-13(12)17)10-6-5-8(2)11(16)7-10/h5-7H,4H2,1-3H3,(H2,17,18,19). The van der Waals surface area contributed by atoms with Gasteiger partial charge in [0.25, 0.3) is 0 Å². The van der Waals surface area contributed by atoms with Gasteiger partial charge >= 0.3 is 5.97 Å². The number of aryl methyl sites for hydroxylation is 2. The van der Waals surface area contributed by atoms with Crippen LogP contribution < -0.4 is 5.73 Å². The molecule has 21 heavy (non-hydrogen) atoms. The Kier molecular flexibility index (Phi) is 4.57. The molecule has 1 heterocycles. The van der Waals surface area contributed by atoms with Gasteiger partial charge in [-0.15, -0.1) is 0 Å². The van der Waals surface area contributed by atoms with E-state index in [1.807, 2.05) is 25.1 Å². The number of nitrogen functional groups attached to an aromatic ring is 1. The van der Waals surface area contributed by atoms with Gasteiger partial charge in [0.1, 0.15) is 11.4 Å². The first-order valence-electron chi connectivity index (χ1n) is 6.51. The third-order valence-corrected chi connectivity index (χ3v) is 3.88. The Balaban J connectivity index is 2.48. The molecule has 0 aliphatic rings. The number of hydrogen-bond donors (Lipinski definition) is 1. The monoisotopic (exact) mass is 349 g/mol. The van der Waals surface area contributed by atoms with Crippen LogP contribution >= 0.6 is 15.9 Å². The Hall–Kier alpha value is -1.95. The summed E-state index contributed by atoms with van der Waals surface area (Å²) in [5.41, 5.74) is 8.58. The van der Waals surface area contributed by atoms with Crippen molar-refractivity contribution in [3.8, 4) is 11.4 Å². The highest BCUT2D eigenvalue weighted by atomic mass is 79.9. The molecule has 1 aromatic heterocycles. The zero-order chi connectivity index (χ0) is 15.6. The largest absolute Gasteiger partial charge is 0.462 e. The van der Waals surface area contributed by atoms with Gasteiger partial charge in [0.05, 0.1) is 12.3 Å². The number of esters is 1. The van der Waals surface area contributed by atoms with Crippen molar-refractivity contribution in [2.75, 3.05) is 12.3 Å². The summed E-state index contributed by atoms with van der Waals surface area (Å²) < 4.78 is 5.93. The molecule has 6 heteroatoms. The average Bonchev–Trinajstić information content (AvgIpc) is 2.41. The lowest BCUT2D eigenvalue weighted by Gasteiger charge is -2.10. The van der Waals surface area contributed by atoms with E-state index in [2.05, 4.69) is 25.9 Å². The second-order valence-electron chi connectivity index (χ2n) is 4.58. The summed E-state index contributed by atoms with van der Waals surface area (Å²) in [5.74, 6) is 0.121. The van der Waals surface area contributed by atoms with E-state index in [0.717, 1.165) is 15.6 Å². The van der Waals surface area contributed by atoms with Gasteiger partial charge in [-0.1, -0.05) is 28.1 Å². The molecule has 2 rings (SSSR count). The first kappa shape index (κ1) is 15.4. The minimum Gasteiger partial charge on any atom is -0.462 e. The summed E-state index contributed by atoms with van der Waals surface area (Å²) in [5, 5.41) is 0. The molecule has 2 N–H and O–H groups in total. The molecular formula is C15H16BrN3O2. The summed E-state index contributed by atoms with van der Waals surface area (Å²) in [6, 6.07) is 5.81. The minimum atomic E-state index is -0.496. The van der Waals surface area contributed by atoms with Gasteiger partial charge in [0, 0.05) is 10.0 Å². The fraction of sp³-hybridized carbons (Fsp3) is 0.267. The van der Waals surface area contributed by atoms with Crippen molar-refractivity contribution in [2.45, 2.75) is 20.8 Å². The normalized spacial score (nSPS) is 10.5. The van der Waals surface area contributed by atoms with Crippen molar-refractivity contribution < 1.29 is 9.53 Å². The number of hydrogen-bond acceptors (Lipinski definition) is 5. The summed E-state index contributed by atoms with van der Waals surface area (Å²) in [6.07, 6.45) is 0. The highest BCUT2D eigenvalue weighted by molar-refractivity contribution is 9.10. The van der Waals surface area contributed by atoms with E-state index in [0.29, 0.717) is 11.5 Å². The van der Waals surface area contributed by atoms with Crippen LogP contribution in [0.5, 0.6) is 0 Å². The number of nitrogens with zero attached hydrogens (tertiary/aromatic N) is 2. The van der Waals surface area contributed by atoms with E-state index in [9.17, 15) is 4.79 Å². The number of anilines is 1. The number of aromatic nitrogens is 2. The number of ether oxygens (including phenoxy) is 1. The van der Waals surface area contributed by atoms with Crippen molar-refractivity contribution in [3.63, 3.8) is 0 Å². The van der Waals surface area contributed by atoms with Crippen LogP contribution in [0.3, 0.4) is 0 Å². The van der Waals surface area contributed by atoms with Gasteiger partial charge in [0.15, 0.2) is 5.82 Å². The SMILES string of the molecule is CCOC(=O)c1c(C)nc(-c2ccc(C)c(Br)c2)nc1N. The topological polar surface area (TPSA) is 78.1 Å². The number of rotatable bonds is 3. The number of halogens is 1. The van der Waals surface area contributed by atoms with Gasteiger partial charge < -0.3 is 10.5 Å². The Labute approximate surface area is 131 Å². The van der Waals surface area contributed by atoms with Crippen LogP contribution in [0.2, 0.25) is 0 Å². The maximum atomic E-state index is 11.8. The summed E-state index contributed by atoms with van der Waals surface area (Å²) in [7, 11) is 0. The average molecular weight is 350 g/mol. The predicted molar refractivity (Wildman–Crippen MR) is 85.0 cm³/mol. The molecule has 1 aromatic carbocycles. The highest BCUT2D eigenvalue weighted by Gasteiger charge is 2.18. The molecule has 0 aliphatic carbocycles. The van der Waals surface area contributed by atoms with Crippen LogP contribution in [-0.4, -0.2) is 22.5 Å². The van der Waals surface area contributed by atoms with Gasteiger partial charge in [-0.2, -0.15) is 0 Å². The molecule has 0 radical (unpaired) electrons. The van der Waals surface area contributed by atoms with E-state index >= 15 is 0 Å². The molecule has 2 aromatic rings. The van der Waals surface area contributed by atoms with Gasteiger partial charge in [-0.25, -0.2) is 14.8 Å². The summed E-state index contributed by atoms with van der Waals surface area (Å²) in [6.45, 7) is 5.74. The van der Waals surface area contributed by atoms with E-state index in [-0.39, 0.29) is 18.0 Å². The van der Waals surface area contributed by atoms with E-state index < -0.39 is 5.97 Å². The lowest BCUT2D eigenvalue weighted by molar-refractivity contribution is 0.0526. The Morgan fingerprint density at radius 2 is 2.05 bits per heavy atom. The number of carbonyl (C=O) groups excluding carboxylic acids is 1. The van der Waals surface area contributed by atoms with Crippen LogP contribution in [0.4, 0.5) is 5.82 Å². The van der Waals surface area contributed by atoms with Crippen LogP contribution in [0, 0.1) is 13.8 Å². The number of carbonyl (C=O) groups is 1. The first-order chi connectivity index (χ1) is 9.93. The molecule has 0 atom stereocenters. The molecule has 0 bridgehead atoms. The second kappa shape index (κ2) is 6.22. The van der Waals surface area contributed by atoms with Gasteiger partial charge in [0.2, 0.25) is 0 Å². The minimum absolute atomic E-state index is 0.132. The fourth-order valence-electron chi connectivity index (χ4n) is 1.91. The quantitative estimate of drug-likeness (QED) is 0.860. The molecule has 0 spiro atoms. The van der Waals surface area contributed by atoms with Gasteiger partial charge in [-0.3, -0.25) is 0 Å². The van der Waals surface area contributed by atoms with Crippen molar-refractivity contribution >= 4 is 27.7 Å². The third-order valence-electron chi connectivity index (χ3n) is 3.03. The predicted octanol–water partition coefficient (Wildman–Crippen LogP) is 3.28. The Morgan fingerprint density at radius 1 is 1.33 bits per heavy atom. The van der Waals surface area contributed by atoms with E-state index in [1.54, 1.807) is 13.8 Å². The molecule has 0 saturated heterocycles. The summed E-state index contributed by atoms with van der Waals surface area (Å²) >= 11 is 3.48. The smallest absolute Gasteiger partial charge is 0.343 e. The van der Waals surface area contributed by atoms with E-state index in [4.69, 9.17) is 10.5 Å². The van der Waals surface area contributed by atoms with Crippen LogP contribution in [0.25, 0.3) is 11.4 Å². The van der Waals surface area contributed by atoms with Crippen molar-refractivity contribution in [1.82, 2.24) is 9.97 Å². The molecule has 0 amide bonds. The summed E-state index contributed by atoms with van der Waals surface area (Å²) in [4.78, 5) is 20.4. The maximum Gasteiger partial charge on any atom is 0.343 e. The van der Waals surface area contributed by atoms with Gasteiger partial charge in [-0.05, 0) is 32.4 Å². The van der Waals surface area contributed by atoms with Crippen molar-refractivity contribution in [1.29, 1.82) is 0 Å². The zero-order valence-electron chi connectivity index (χ0n) is 12.1. The lowest BCUT2D eigenvalue weighted by atomic mass is 10.1. The molecule has 5 nitrogen and oxygen atoms in total. The molecular weight excluding hydrogens is 334 g/mol. The van der Waals surface area contributed by atoms with Crippen molar-refractivity contribution in [2.24, 2.45) is 0 Å². The lowest BCUT2D eigenvalue weighted by Crippen LogP contribution is -2.13. The molecule has 0 fully saturated rings. The Bertz CT molecular complexity index is 678. The third kappa shape index (κ3) is 3.21.